The molecule has 15 heavy (non-hydrogen) atoms. The molecule has 0 heterocycles. The van der Waals surface area contributed by atoms with E-state index in [-0.39, 0.29) is 11.9 Å². The quantitative estimate of drug-likeness (QED) is 0.825. The van der Waals surface area contributed by atoms with Gasteiger partial charge in [-0.15, -0.1) is 0 Å². The van der Waals surface area contributed by atoms with Crippen molar-refractivity contribution in [2.24, 2.45) is 11.7 Å². The minimum absolute atomic E-state index is 0.278. The number of nitrogens with two attached hydrogens (primary N) is 1. The zero-order chi connectivity index (χ0) is 10.8. The van der Waals surface area contributed by atoms with Crippen molar-refractivity contribution in [3.05, 3.63) is 34.6 Å². The summed E-state index contributed by atoms with van der Waals surface area (Å²) in [6.07, 6.45) is 4.34. The van der Waals surface area contributed by atoms with Gasteiger partial charge in [0.2, 0.25) is 0 Å². The average molecular weight is 228 g/mol. The molecule has 0 bridgehead atoms. The molecule has 1 fully saturated rings. The van der Waals surface area contributed by atoms with Gasteiger partial charge < -0.3 is 5.73 Å². The maximum atomic E-state index is 12.8. The highest BCUT2D eigenvalue weighted by Crippen LogP contribution is 2.29. The van der Waals surface area contributed by atoms with Crippen LogP contribution >= 0.6 is 11.6 Å². The predicted molar refractivity (Wildman–Crippen MR) is 60.4 cm³/mol. The van der Waals surface area contributed by atoms with Crippen molar-refractivity contribution < 1.29 is 4.39 Å². The first kappa shape index (κ1) is 10.9. The maximum absolute atomic E-state index is 12.8. The van der Waals surface area contributed by atoms with Gasteiger partial charge in [-0.05, 0) is 42.9 Å². The van der Waals surface area contributed by atoms with Crippen molar-refractivity contribution in [3.8, 4) is 0 Å². The molecule has 1 aliphatic rings. The number of halogens is 2. The van der Waals surface area contributed by atoms with E-state index in [4.69, 9.17) is 17.3 Å². The zero-order valence-corrected chi connectivity index (χ0v) is 9.30. The highest BCUT2D eigenvalue weighted by molar-refractivity contribution is 6.31. The highest BCUT2D eigenvalue weighted by Gasteiger charge is 2.24. The molecule has 0 amide bonds. The van der Waals surface area contributed by atoms with Gasteiger partial charge in [0.25, 0.3) is 0 Å². The van der Waals surface area contributed by atoms with Crippen molar-refractivity contribution >= 4 is 11.6 Å². The van der Waals surface area contributed by atoms with Crippen LogP contribution in [0.1, 0.15) is 24.8 Å². The van der Waals surface area contributed by atoms with Gasteiger partial charge in [0, 0.05) is 11.1 Å². The summed E-state index contributed by atoms with van der Waals surface area (Å²) in [6, 6.07) is 4.88. The number of rotatable bonds is 2. The van der Waals surface area contributed by atoms with E-state index in [9.17, 15) is 4.39 Å². The third-order valence-electron chi connectivity index (χ3n) is 3.22. The lowest BCUT2D eigenvalue weighted by atomic mass is 9.95. The smallest absolute Gasteiger partial charge is 0.124 e. The van der Waals surface area contributed by atoms with Crippen LogP contribution < -0.4 is 5.73 Å². The van der Waals surface area contributed by atoms with E-state index in [2.05, 4.69) is 0 Å². The molecule has 0 saturated heterocycles. The van der Waals surface area contributed by atoms with Crippen LogP contribution in [0.2, 0.25) is 5.02 Å². The third-order valence-corrected chi connectivity index (χ3v) is 3.57. The van der Waals surface area contributed by atoms with Gasteiger partial charge in [0.1, 0.15) is 5.82 Å². The van der Waals surface area contributed by atoms with E-state index in [1.165, 1.54) is 18.6 Å². The standard InChI is InChI=1S/C12H15ClFN/c13-11-7-10(14)5-4-8(11)6-9-2-1-3-12(9)15/h4-5,7,9,12H,1-3,6,15H2. The first-order chi connectivity index (χ1) is 7.16. The summed E-state index contributed by atoms with van der Waals surface area (Å²) in [6.45, 7) is 0. The van der Waals surface area contributed by atoms with Crippen LogP contribution in [0.5, 0.6) is 0 Å². The van der Waals surface area contributed by atoms with Crippen LogP contribution in [0, 0.1) is 11.7 Å². The maximum Gasteiger partial charge on any atom is 0.124 e. The molecular formula is C12H15ClFN. The van der Waals surface area contributed by atoms with Crippen LogP contribution in [-0.4, -0.2) is 6.04 Å². The molecule has 1 saturated carbocycles. The fraction of sp³-hybridized carbons (Fsp3) is 0.500. The normalized spacial score (nSPS) is 25.8. The molecule has 2 unspecified atom stereocenters. The predicted octanol–water partition coefficient (Wildman–Crippen LogP) is 3.15. The molecule has 1 aliphatic carbocycles. The Kier molecular flexibility index (Phi) is 3.27. The Labute approximate surface area is 94.4 Å². The topological polar surface area (TPSA) is 26.0 Å². The number of hydrogen-bond acceptors (Lipinski definition) is 1. The molecule has 2 rings (SSSR count). The first-order valence-electron chi connectivity index (χ1n) is 5.36. The molecule has 0 aromatic heterocycles. The summed E-state index contributed by atoms with van der Waals surface area (Å²) in [7, 11) is 0. The Bertz CT molecular complexity index is 353. The van der Waals surface area contributed by atoms with E-state index in [1.807, 2.05) is 0 Å². The third kappa shape index (κ3) is 2.50. The molecule has 1 aromatic carbocycles. The van der Waals surface area contributed by atoms with E-state index >= 15 is 0 Å². The van der Waals surface area contributed by atoms with Gasteiger partial charge in [0.15, 0.2) is 0 Å². The van der Waals surface area contributed by atoms with E-state index in [0.717, 1.165) is 24.8 Å². The van der Waals surface area contributed by atoms with Gasteiger partial charge in [0.05, 0.1) is 0 Å². The van der Waals surface area contributed by atoms with Gasteiger partial charge in [-0.2, -0.15) is 0 Å². The fourth-order valence-corrected chi connectivity index (χ4v) is 2.53. The first-order valence-corrected chi connectivity index (χ1v) is 5.74. The number of benzene rings is 1. The SMILES string of the molecule is NC1CCCC1Cc1ccc(F)cc1Cl. The Morgan fingerprint density at radius 1 is 1.40 bits per heavy atom. The van der Waals surface area contributed by atoms with Crippen LogP contribution in [0.3, 0.4) is 0 Å². The van der Waals surface area contributed by atoms with Gasteiger partial charge >= 0.3 is 0 Å². The Morgan fingerprint density at radius 3 is 2.80 bits per heavy atom. The van der Waals surface area contributed by atoms with Gasteiger partial charge in [-0.25, -0.2) is 4.39 Å². The van der Waals surface area contributed by atoms with E-state index in [1.54, 1.807) is 6.07 Å². The largest absolute Gasteiger partial charge is 0.327 e. The van der Waals surface area contributed by atoms with Gasteiger partial charge in [-0.1, -0.05) is 24.1 Å². The Balaban J connectivity index is 2.10. The molecule has 2 atom stereocenters. The molecule has 3 heteroatoms. The van der Waals surface area contributed by atoms with E-state index < -0.39 is 0 Å². The lowest BCUT2D eigenvalue weighted by Gasteiger charge is -2.15. The molecule has 82 valence electrons. The second kappa shape index (κ2) is 4.50. The van der Waals surface area contributed by atoms with Crippen LogP contribution in [-0.2, 0) is 6.42 Å². The molecule has 0 spiro atoms. The van der Waals surface area contributed by atoms with Crippen molar-refractivity contribution in [2.45, 2.75) is 31.7 Å². The molecule has 1 nitrogen and oxygen atoms in total. The summed E-state index contributed by atoms with van der Waals surface area (Å²) in [5.41, 5.74) is 7.00. The van der Waals surface area contributed by atoms with E-state index in [0.29, 0.717) is 10.9 Å². The summed E-state index contributed by atoms with van der Waals surface area (Å²) >= 11 is 5.97. The van der Waals surface area contributed by atoms with Crippen molar-refractivity contribution in [2.75, 3.05) is 0 Å². The Morgan fingerprint density at radius 2 is 2.20 bits per heavy atom. The summed E-state index contributed by atoms with van der Waals surface area (Å²) in [4.78, 5) is 0. The number of hydrogen-bond donors (Lipinski definition) is 1. The van der Waals surface area contributed by atoms with Crippen molar-refractivity contribution in [3.63, 3.8) is 0 Å². The molecular weight excluding hydrogens is 213 g/mol. The zero-order valence-electron chi connectivity index (χ0n) is 8.55. The minimum Gasteiger partial charge on any atom is -0.327 e. The van der Waals surface area contributed by atoms with Crippen LogP contribution in [0.15, 0.2) is 18.2 Å². The van der Waals surface area contributed by atoms with Crippen LogP contribution in [0.4, 0.5) is 4.39 Å². The van der Waals surface area contributed by atoms with Crippen molar-refractivity contribution in [1.82, 2.24) is 0 Å². The molecule has 0 radical (unpaired) electrons. The van der Waals surface area contributed by atoms with Crippen LogP contribution in [0.25, 0.3) is 0 Å². The van der Waals surface area contributed by atoms with Gasteiger partial charge in [-0.3, -0.25) is 0 Å². The highest BCUT2D eigenvalue weighted by atomic mass is 35.5. The second-order valence-electron chi connectivity index (χ2n) is 4.29. The molecule has 2 N–H and O–H groups in total. The summed E-state index contributed by atoms with van der Waals surface area (Å²) in [5, 5.41) is 0.522. The monoisotopic (exact) mass is 227 g/mol. The van der Waals surface area contributed by atoms with Crippen molar-refractivity contribution in [1.29, 1.82) is 0 Å². The Hall–Kier alpha value is -0.600. The summed E-state index contributed by atoms with van der Waals surface area (Å²) < 4.78 is 12.8. The lowest BCUT2D eigenvalue weighted by molar-refractivity contribution is 0.478. The fourth-order valence-electron chi connectivity index (χ4n) is 2.29. The summed E-state index contributed by atoms with van der Waals surface area (Å²) in [5.74, 6) is 0.229. The minimum atomic E-state index is -0.278. The second-order valence-corrected chi connectivity index (χ2v) is 4.70. The lowest BCUT2D eigenvalue weighted by Crippen LogP contribution is -2.25. The molecule has 1 aromatic rings. The average Bonchev–Trinajstić information content (AvgIpc) is 2.57. The molecule has 0 aliphatic heterocycles.